The molecule has 2 aromatic rings. The summed E-state index contributed by atoms with van der Waals surface area (Å²) in [6, 6.07) is 9.84. The summed E-state index contributed by atoms with van der Waals surface area (Å²) in [6.07, 6.45) is 1.12. The van der Waals surface area contributed by atoms with E-state index < -0.39 is 0 Å². The van der Waals surface area contributed by atoms with Gasteiger partial charge in [-0.15, -0.1) is 0 Å². The Labute approximate surface area is 119 Å². The average Bonchev–Trinajstić information content (AvgIpc) is 2.46. The van der Waals surface area contributed by atoms with Crippen LogP contribution >= 0.6 is 0 Å². The summed E-state index contributed by atoms with van der Waals surface area (Å²) < 4.78 is 5.72. The van der Waals surface area contributed by atoms with Crippen LogP contribution < -0.4 is 16.0 Å². The monoisotopic (exact) mass is 272 g/mol. The maximum Gasteiger partial charge on any atom is 0.240 e. The molecule has 0 saturated heterocycles. The lowest BCUT2D eigenvalue weighted by molar-refractivity contribution is 0.461. The van der Waals surface area contributed by atoms with Crippen molar-refractivity contribution in [2.24, 2.45) is 5.84 Å². The maximum atomic E-state index is 5.72. The van der Waals surface area contributed by atoms with Gasteiger partial charge in [-0.05, 0) is 37.0 Å². The lowest BCUT2D eigenvalue weighted by Crippen LogP contribution is -2.11. The highest BCUT2D eigenvalue weighted by atomic mass is 16.5. The largest absolute Gasteiger partial charge is 0.439 e. The molecule has 0 bridgehead atoms. The predicted molar refractivity (Wildman–Crippen MR) is 79.8 cm³/mol. The van der Waals surface area contributed by atoms with Crippen LogP contribution in [0.2, 0.25) is 0 Å². The predicted octanol–water partition coefficient (Wildman–Crippen LogP) is 3.38. The number of ether oxygens (including phenoxy) is 1. The second-order valence-electron chi connectivity index (χ2n) is 4.80. The fraction of sp³-hybridized carbons (Fsp3) is 0.333. The molecule has 0 radical (unpaired) electrons. The van der Waals surface area contributed by atoms with Crippen LogP contribution in [0.15, 0.2) is 30.3 Å². The van der Waals surface area contributed by atoms with Crippen molar-refractivity contribution in [3.05, 3.63) is 41.6 Å². The van der Waals surface area contributed by atoms with E-state index in [2.05, 4.69) is 41.4 Å². The smallest absolute Gasteiger partial charge is 0.240 e. The summed E-state index contributed by atoms with van der Waals surface area (Å²) in [7, 11) is 0. The highest BCUT2D eigenvalue weighted by Crippen LogP contribution is 2.25. The van der Waals surface area contributed by atoms with E-state index in [9.17, 15) is 0 Å². The van der Waals surface area contributed by atoms with E-state index in [-0.39, 0.29) is 0 Å². The highest BCUT2D eigenvalue weighted by Gasteiger charge is 2.06. The third kappa shape index (κ3) is 3.45. The van der Waals surface area contributed by atoms with Gasteiger partial charge in [0.05, 0.1) is 0 Å². The first-order valence-corrected chi connectivity index (χ1v) is 6.72. The molecule has 3 N–H and O–H groups in total. The first-order chi connectivity index (χ1) is 9.62. The Kier molecular flexibility index (Phi) is 4.53. The number of aromatic nitrogens is 2. The van der Waals surface area contributed by atoms with Gasteiger partial charge in [-0.25, -0.2) is 10.8 Å². The van der Waals surface area contributed by atoms with Crippen LogP contribution in [0.25, 0.3) is 0 Å². The van der Waals surface area contributed by atoms with Crippen molar-refractivity contribution in [1.82, 2.24) is 9.97 Å². The third-order valence-corrected chi connectivity index (χ3v) is 3.24. The number of aryl methyl sites for hydroxylation is 1. The van der Waals surface area contributed by atoms with Crippen LogP contribution in [0.4, 0.5) is 5.95 Å². The fourth-order valence-corrected chi connectivity index (χ4v) is 1.88. The molecule has 0 aliphatic heterocycles. The van der Waals surface area contributed by atoms with Crippen molar-refractivity contribution >= 4 is 5.95 Å². The molecule has 0 fully saturated rings. The number of hydrazine groups is 1. The van der Waals surface area contributed by atoms with Gasteiger partial charge >= 0.3 is 0 Å². The molecule has 2 rings (SSSR count). The molecule has 1 heterocycles. The minimum absolute atomic E-state index is 0.344. The van der Waals surface area contributed by atoms with E-state index in [1.165, 1.54) is 5.56 Å². The quantitative estimate of drug-likeness (QED) is 0.645. The van der Waals surface area contributed by atoms with E-state index in [4.69, 9.17) is 10.6 Å². The van der Waals surface area contributed by atoms with Crippen molar-refractivity contribution in [1.29, 1.82) is 0 Å². The van der Waals surface area contributed by atoms with Crippen LogP contribution in [-0.2, 0) is 0 Å². The minimum Gasteiger partial charge on any atom is -0.439 e. The Morgan fingerprint density at radius 1 is 1.25 bits per heavy atom. The first kappa shape index (κ1) is 14.3. The van der Waals surface area contributed by atoms with Gasteiger partial charge in [0.2, 0.25) is 11.8 Å². The Balaban J connectivity index is 2.15. The van der Waals surface area contributed by atoms with E-state index >= 15 is 0 Å². The fourth-order valence-electron chi connectivity index (χ4n) is 1.88. The standard InChI is InChI=1S/C15H20N4O/c1-4-10(2)12-5-7-13(8-6-12)20-14-9-11(3)17-15(18-14)19-16/h5-10H,4,16H2,1-3H3,(H,17,18,19). The zero-order valence-electron chi connectivity index (χ0n) is 12.1. The molecule has 20 heavy (non-hydrogen) atoms. The topological polar surface area (TPSA) is 73.1 Å². The van der Waals surface area contributed by atoms with Crippen molar-refractivity contribution in [3.63, 3.8) is 0 Å². The van der Waals surface area contributed by atoms with Crippen LogP contribution in [0, 0.1) is 6.92 Å². The number of anilines is 1. The summed E-state index contributed by atoms with van der Waals surface area (Å²) in [5.74, 6) is 7.44. The molecule has 0 spiro atoms. The third-order valence-electron chi connectivity index (χ3n) is 3.24. The molecule has 5 nitrogen and oxygen atoms in total. The number of rotatable bonds is 5. The lowest BCUT2D eigenvalue weighted by Gasteiger charge is -2.11. The highest BCUT2D eigenvalue weighted by molar-refractivity contribution is 5.34. The minimum atomic E-state index is 0.344. The summed E-state index contributed by atoms with van der Waals surface area (Å²) in [6.45, 7) is 6.25. The van der Waals surface area contributed by atoms with E-state index in [1.54, 1.807) is 6.07 Å². The van der Waals surface area contributed by atoms with Gasteiger partial charge in [0, 0.05) is 11.8 Å². The maximum absolute atomic E-state index is 5.72. The SMILES string of the molecule is CCC(C)c1ccc(Oc2cc(C)nc(NN)n2)cc1. The van der Waals surface area contributed by atoms with E-state index in [0.29, 0.717) is 17.7 Å². The number of hydrogen-bond acceptors (Lipinski definition) is 5. The normalized spacial score (nSPS) is 12.0. The molecule has 0 amide bonds. The second-order valence-corrected chi connectivity index (χ2v) is 4.80. The first-order valence-electron chi connectivity index (χ1n) is 6.72. The van der Waals surface area contributed by atoms with Gasteiger partial charge in [0.1, 0.15) is 5.75 Å². The van der Waals surface area contributed by atoms with Crippen LogP contribution in [-0.4, -0.2) is 9.97 Å². The molecular weight excluding hydrogens is 252 g/mol. The average molecular weight is 272 g/mol. The van der Waals surface area contributed by atoms with Crippen molar-refractivity contribution in [2.75, 3.05) is 5.43 Å². The molecule has 0 aliphatic rings. The van der Waals surface area contributed by atoms with Crippen LogP contribution in [0.5, 0.6) is 11.6 Å². The Morgan fingerprint density at radius 2 is 1.95 bits per heavy atom. The molecule has 1 atom stereocenters. The number of nitrogens with one attached hydrogen (secondary N) is 1. The Morgan fingerprint density at radius 3 is 2.55 bits per heavy atom. The van der Waals surface area contributed by atoms with Crippen LogP contribution in [0.3, 0.4) is 0 Å². The molecule has 0 saturated carbocycles. The zero-order valence-corrected chi connectivity index (χ0v) is 12.1. The van der Waals surface area contributed by atoms with Gasteiger partial charge in [-0.3, -0.25) is 5.43 Å². The molecular formula is C15H20N4O. The van der Waals surface area contributed by atoms with Gasteiger partial charge in [0.15, 0.2) is 0 Å². The van der Waals surface area contributed by atoms with Crippen molar-refractivity contribution in [3.8, 4) is 11.6 Å². The molecule has 1 aromatic heterocycles. The summed E-state index contributed by atoms with van der Waals surface area (Å²) >= 11 is 0. The number of nitrogens with two attached hydrogens (primary N) is 1. The van der Waals surface area contributed by atoms with Crippen molar-refractivity contribution in [2.45, 2.75) is 33.1 Å². The lowest BCUT2D eigenvalue weighted by atomic mass is 9.99. The van der Waals surface area contributed by atoms with Gasteiger partial charge < -0.3 is 4.74 Å². The molecule has 1 aromatic carbocycles. The van der Waals surface area contributed by atoms with E-state index in [0.717, 1.165) is 17.9 Å². The summed E-state index contributed by atoms with van der Waals surface area (Å²) in [5.41, 5.74) is 4.52. The number of hydrogen-bond donors (Lipinski definition) is 2. The summed E-state index contributed by atoms with van der Waals surface area (Å²) in [4.78, 5) is 8.27. The Hall–Kier alpha value is -2.14. The van der Waals surface area contributed by atoms with E-state index in [1.807, 2.05) is 19.1 Å². The number of nitrogen functional groups attached to an aromatic ring is 1. The number of benzene rings is 1. The molecule has 1 unspecified atom stereocenters. The summed E-state index contributed by atoms with van der Waals surface area (Å²) in [5, 5.41) is 0. The Bertz CT molecular complexity index is 569. The molecule has 0 aliphatic carbocycles. The zero-order chi connectivity index (χ0) is 14.5. The van der Waals surface area contributed by atoms with Gasteiger partial charge in [0.25, 0.3) is 0 Å². The van der Waals surface area contributed by atoms with Crippen molar-refractivity contribution < 1.29 is 4.74 Å². The molecule has 5 heteroatoms. The second kappa shape index (κ2) is 6.34. The number of nitrogens with zero attached hydrogens (tertiary/aromatic N) is 2. The van der Waals surface area contributed by atoms with Crippen LogP contribution in [0.1, 0.15) is 37.4 Å². The van der Waals surface area contributed by atoms with Gasteiger partial charge in [-0.1, -0.05) is 26.0 Å². The van der Waals surface area contributed by atoms with Gasteiger partial charge in [-0.2, -0.15) is 4.98 Å². The molecule has 106 valence electrons.